The van der Waals surface area contributed by atoms with E-state index in [1.165, 1.54) is 18.2 Å². The standard InChI is InChI=1S/C11H10ClN3O4/c12-8-3-7(2-1-6(8)4-13)14-11(19)15-9(5-16)10(17)18/h1-3,9,16H,5H2,(H,17,18)(H2,14,15,19)/t9-/m1/s1. The number of hydrogen-bond acceptors (Lipinski definition) is 4. The van der Waals surface area contributed by atoms with Gasteiger partial charge in [-0.3, -0.25) is 0 Å². The first-order chi connectivity index (χ1) is 8.97. The molecule has 0 spiro atoms. The maximum absolute atomic E-state index is 11.4. The Kier molecular flexibility index (Phi) is 5.11. The third kappa shape index (κ3) is 4.13. The molecule has 0 aliphatic rings. The normalized spacial score (nSPS) is 11.2. The van der Waals surface area contributed by atoms with Gasteiger partial charge in [0.2, 0.25) is 0 Å². The van der Waals surface area contributed by atoms with Crippen LogP contribution in [0, 0.1) is 11.3 Å². The fourth-order valence-electron chi connectivity index (χ4n) is 1.19. The molecular formula is C11H10ClN3O4. The van der Waals surface area contributed by atoms with E-state index in [1.807, 2.05) is 6.07 Å². The van der Waals surface area contributed by atoms with Gasteiger partial charge in [-0.1, -0.05) is 11.6 Å². The fraction of sp³-hybridized carbons (Fsp3) is 0.182. The van der Waals surface area contributed by atoms with Crippen molar-refractivity contribution >= 4 is 29.3 Å². The van der Waals surface area contributed by atoms with Crippen molar-refractivity contribution in [1.29, 1.82) is 5.26 Å². The Morgan fingerprint density at radius 2 is 2.16 bits per heavy atom. The zero-order valence-corrected chi connectivity index (χ0v) is 10.3. The van der Waals surface area contributed by atoms with Gasteiger partial charge in [0.15, 0.2) is 6.04 Å². The molecule has 0 saturated heterocycles. The molecular weight excluding hydrogens is 274 g/mol. The molecule has 1 rings (SSSR count). The molecule has 8 heteroatoms. The molecule has 1 aromatic rings. The van der Waals surface area contributed by atoms with Gasteiger partial charge in [-0.05, 0) is 18.2 Å². The number of hydrogen-bond donors (Lipinski definition) is 4. The number of carbonyl (C=O) groups excluding carboxylic acids is 1. The second kappa shape index (κ2) is 6.58. The number of carboxylic acids is 1. The van der Waals surface area contributed by atoms with Crippen molar-refractivity contribution in [2.45, 2.75) is 6.04 Å². The van der Waals surface area contributed by atoms with Crippen LogP contribution < -0.4 is 10.6 Å². The molecule has 0 fully saturated rings. The van der Waals surface area contributed by atoms with Crippen molar-refractivity contribution in [3.8, 4) is 6.07 Å². The molecule has 1 aromatic carbocycles. The van der Waals surface area contributed by atoms with Crippen molar-refractivity contribution in [3.05, 3.63) is 28.8 Å². The number of urea groups is 1. The summed E-state index contributed by atoms with van der Waals surface area (Å²) in [5, 5.41) is 30.6. The van der Waals surface area contributed by atoms with Crippen LogP contribution in [0.1, 0.15) is 5.56 Å². The van der Waals surface area contributed by atoms with Crippen LogP contribution in [-0.4, -0.2) is 34.9 Å². The van der Waals surface area contributed by atoms with E-state index in [2.05, 4.69) is 10.6 Å². The Morgan fingerprint density at radius 3 is 2.63 bits per heavy atom. The molecule has 0 aliphatic heterocycles. The average molecular weight is 284 g/mol. The quantitative estimate of drug-likeness (QED) is 0.650. The van der Waals surface area contributed by atoms with E-state index in [0.29, 0.717) is 5.69 Å². The molecule has 4 N–H and O–H groups in total. The Hall–Kier alpha value is -2.30. The van der Waals surface area contributed by atoms with Gasteiger partial charge in [0.1, 0.15) is 6.07 Å². The lowest BCUT2D eigenvalue weighted by Crippen LogP contribution is -2.45. The van der Waals surface area contributed by atoms with Gasteiger partial charge in [-0.25, -0.2) is 9.59 Å². The zero-order valence-electron chi connectivity index (χ0n) is 9.55. The maximum atomic E-state index is 11.4. The Labute approximate surface area is 113 Å². The monoisotopic (exact) mass is 283 g/mol. The van der Waals surface area contributed by atoms with Crippen molar-refractivity contribution < 1.29 is 19.8 Å². The topological polar surface area (TPSA) is 122 Å². The highest BCUT2D eigenvalue weighted by molar-refractivity contribution is 6.32. The molecule has 100 valence electrons. The predicted octanol–water partition coefficient (Wildman–Crippen LogP) is 0.779. The van der Waals surface area contributed by atoms with E-state index in [9.17, 15) is 9.59 Å². The van der Waals surface area contributed by atoms with Crippen molar-refractivity contribution in [3.63, 3.8) is 0 Å². The lowest BCUT2D eigenvalue weighted by molar-refractivity contribution is -0.140. The SMILES string of the molecule is N#Cc1ccc(NC(=O)N[C@H](CO)C(=O)O)cc1Cl. The third-order valence-electron chi connectivity index (χ3n) is 2.13. The number of aliphatic hydroxyl groups is 1. The molecule has 0 bridgehead atoms. The first-order valence-corrected chi connectivity index (χ1v) is 5.46. The van der Waals surface area contributed by atoms with Crippen LogP contribution in [0.4, 0.5) is 10.5 Å². The van der Waals surface area contributed by atoms with Crippen LogP contribution >= 0.6 is 11.6 Å². The highest BCUT2D eigenvalue weighted by Crippen LogP contribution is 2.19. The maximum Gasteiger partial charge on any atom is 0.328 e. The third-order valence-corrected chi connectivity index (χ3v) is 2.45. The number of anilines is 1. The van der Waals surface area contributed by atoms with Crippen LogP contribution in [0.5, 0.6) is 0 Å². The molecule has 7 nitrogen and oxygen atoms in total. The van der Waals surface area contributed by atoms with E-state index >= 15 is 0 Å². The van der Waals surface area contributed by atoms with Gasteiger partial charge in [0.05, 0.1) is 17.2 Å². The number of rotatable bonds is 4. The number of halogens is 1. The van der Waals surface area contributed by atoms with E-state index in [0.717, 1.165) is 0 Å². The minimum absolute atomic E-state index is 0.164. The Morgan fingerprint density at radius 1 is 1.47 bits per heavy atom. The number of nitriles is 1. The molecule has 0 aromatic heterocycles. The van der Waals surface area contributed by atoms with Crippen molar-refractivity contribution in [2.75, 3.05) is 11.9 Å². The summed E-state index contributed by atoms with van der Waals surface area (Å²) in [5.74, 6) is -1.35. The molecule has 0 saturated carbocycles. The molecule has 0 aliphatic carbocycles. The number of carboxylic acid groups (broad SMARTS) is 1. The number of carbonyl (C=O) groups is 2. The smallest absolute Gasteiger partial charge is 0.328 e. The lowest BCUT2D eigenvalue weighted by Gasteiger charge is -2.12. The first kappa shape index (κ1) is 14.8. The Balaban J connectivity index is 2.70. The fourth-order valence-corrected chi connectivity index (χ4v) is 1.42. The van der Waals surface area contributed by atoms with Gasteiger partial charge in [0, 0.05) is 5.69 Å². The van der Waals surface area contributed by atoms with Crippen LogP contribution in [-0.2, 0) is 4.79 Å². The van der Waals surface area contributed by atoms with Crippen LogP contribution in [0.25, 0.3) is 0 Å². The summed E-state index contributed by atoms with van der Waals surface area (Å²) in [7, 11) is 0. The average Bonchev–Trinajstić information content (AvgIpc) is 2.35. The summed E-state index contributed by atoms with van der Waals surface area (Å²) < 4.78 is 0. The number of aliphatic carboxylic acids is 1. The Bertz CT molecular complexity index is 541. The zero-order chi connectivity index (χ0) is 14.4. The minimum atomic E-state index is -1.39. The van der Waals surface area contributed by atoms with Crippen molar-refractivity contribution in [2.24, 2.45) is 0 Å². The van der Waals surface area contributed by atoms with E-state index in [4.69, 9.17) is 27.1 Å². The summed E-state index contributed by atoms with van der Waals surface area (Å²) in [6.07, 6.45) is 0. The number of nitrogens with one attached hydrogen (secondary N) is 2. The highest BCUT2D eigenvalue weighted by Gasteiger charge is 2.18. The summed E-state index contributed by atoms with van der Waals surface area (Å²) >= 11 is 5.77. The summed E-state index contributed by atoms with van der Waals surface area (Å²) in [4.78, 5) is 22.0. The van der Waals surface area contributed by atoms with E-state index < -0.39 is 24.6 Å². The van der Waals surface area contributed by atoms with Gasteiger partial charge >= 0.3 is 12.0 Å². The molecule has 0 radical (unpaired) electrons. The molecule has 0 unspecified atom stereocenters. The number of aliphatic hydroxyl groups excluding tert-OH is 1. The van der Waals surface area contributed by atoms with Crippen molar-refractivity contribution in [1.82, 2.24) is 5.32 Å². The summed E-state index contributed by atoms with van der Waals surface area (Å²) in [5.41, 5.74) is 0.551. The first-order valence-electron chi connectivity index (χ1n) is 5.08. The van der Waals surface area contributed by atoms with E-state index in [1.54, 1.807) is 0 Å². The van der Waals surface area contributed by atoms with Gasteiger partial charge < -0.3 is 20.8 Å². The molecule has 1 atom stereocenters. The minimum Gasteiger partial charge on any atom is -0.480 e. The highest BCUT2D eigenvalue weighted by atomic mass is 35.5. The predicted molar refractivity (Wildman–Crippen MR) is 66.8 cm³/mol. The number of nitrogens with zero attached hydrogens (tertiary/aromatic N) is 1. The molecule has 2 amide bonds. The second-order valence-corrected chi connectivity index (χ2v) is 3.89. The molecule has 0 heterocycles. The number of benzene rings is 1. The lowest BCUT2D eigenvalue weighted by atomic mass is 10.2. The largest absolute Gasteiger partial charge is 0.480 e. The van der Waals surface area contributed by atoms with Crippen LogP contribution in [0.15, 0.2) is 18.2 Å². The second-order valence-electron chi connectivity index (χ2n) is 3.48. The number of amides is 2. The van der Waals surface area contributed by atoms with Crippen LogP contribution in [0.3, 0.4) is 0 Å². The van der Waals surface area contributed by atoms with Gasteiger partial charge in [-0.15, -0.1) is 0 Å². The van der Waals surface area contributed by atoms with Crippen LogP contribution in [0.2, 0.25) is 5.02 Å². The van der Waals surface area contributed by atoms with Gasteiger partial charge in [-0.2, -0.15) is 5.26 Å². The van der Waals surface area contributed by atoms with Gasteiger partial charge in [0.25, 0.3) is 0 Å². The van der Waals surface area contributed by atoms with E-state index in [-0.39, 0.29) is 10.6 Å². The molecule has 19 heavy (non-hydrogen) atoms. The summed E-state index contributed by atoms with van der Waals surface area (Å²) in [6, 6.07) is 3.88. The summed E-state index contributed by atoms with van der Waals surface area (Å²) in [6.45, 7) is -0.725.